The van der Waals surface area contributed by atoms with Gasteiger partial charge in [0.05, 0.1) is 16.6 Å². The minimum absolute atomic E-state index is 0.307. The Hall–Kier alpha value is -1.27. The minimum atomic E-state index is -0.354. The summed E-state index contributed by atoms with van der Waals surface area (Å²) in [6, 6.07) is 5.03. The first-order valence-corrected chi connectivity index (χ1v) is 6.37. The van der Waals surface area contributed by atoms with Crippen LogP contribution in [0.25, 0.3) is 11.5 Å². The van der Waals surface area contributed by atoms with Gasteiger partial charge in [-0.3, -0.25) is 0 Å². The molecule has 0 fully saturated rings. The third kappa shape index (κ3) is 2.94. The summed E-state index contributed by atoms with van der Waals surface area (Å²) in [6.45, 7) is 4.55. The molecule has 1 aromatic carbocycles. The van der Waals surface area contributed by atoms with Crippen LogP contribution in [0.3, 0.4) is 0 Å². The van der Waals surface area contributed by atoms with Crippen molar-refractivity contribution in [1.29, 1.82) is 0 Å². The molecule has 0 unspecified atom stereocenters. The minimum Gasteiger partial charge on any atom is -0.419 e. The van der Waals surface area contributed by atoms with Crippen LogP contribution in [0, 0.1) is 5.82 Å². The summed E-state index contributed by atoms with van der Waals surface area (Å²) in [7, 11) is 0. The first kappa shape index (κ1) is 13.2. The molecule has 0 saturated heterocycles. The topological polar surface area (TPSA) is 51.0 Å². The second kappa shape index (κ2) is 5.58. The summed E-state index contributed by atoms with van der Waals surface area (Å²) in [4.78, 5) is 0. The van der Waals surface area contributed by atoms with Crippen molar-refractivity contribution in [3.05, 3.63) is 34.4 Å². The molecule has 0 bridgehead atoms. The number of hydrogen-bond donors (Lipinski definition) is 1. The van der Waals surface area contributed by atoms with Gasteiger partial charge in [0.15, 0.2) is 0 Å². The molecule has 4 nitrogen and oxygen atoms in total. The Labute approximate surface area is 113 Å². The van der Waals surface area contributed by atoms with Gasteiger partial charge in [-0.15, -0.1) is 10.2 Å². The summed E-state index contributed by atoms with van der Waals surface area (Å²) < 4.78 is 19.2. The van der Waals surface area contributed by atoms with Crippen molar-refractivity contribution in [1.82, 2.24) is 15.5 Å². The summed E-state index contributed by atoms with van der Waals surface area (Å²) in [5.41, 5.74) is 0.554. The number of nitrogens with one attached hydrogen (secondary N) is 1. The number of benzene rings is 1. The van der Waals surface area contributed by atoms with Crippen molar-refractivity contribution < 1.29 is 8.81 Å². The Morgan fingerprint density at radius 3 is 2.89 bits per heavy atom. The van der Waals surface area contributed by atoms with Gasteiger partial charge in [0.25, 0.3) is 0 Å². The largest absolute Gasteiger partial charge is 0.419 e. The van der Waals surface area contributed by atoms with E-state index in [1.807, 2.05) is 13.8 Å². The van der Waals surface area contributed by atoms with E-state index in [1.165, 1.54) is 6.07 Å². The van der Waals surface area contributed by atoms with Crippen LogP contribution in [0.1, 0.15) is 19.7 Å². The quantitative estimate of drug-likeness (QED) is 0.942. The van der Waals surface area contributed by atoms with E-state index in [9.17, 15) is 4.39 Å². The van der Waals surface area contributed by atoms with Gasteiger partial charge in [0, 0.05) is 6.04 Å². The molecular formula is C12H13BrFN3O. The lowest BCUT2D eigenvalue weighted by atomic mass is 10.2. The van der Waals surface area contributed by atoms with E-state index in [4.69, 9.17) is 4.42 Å². The molecule has 1 heterocycles. The van der Waals surface area contributed by atoms with Crippen LogP contribution in [0.5, 0.6) is 0 Å². The van der Waals surface area contributed by atoms with Crippen molar-refractivity contribution in [2.24, 2.45) is 0 Å². The van der Waals surface area contributed by atoms with Gasteiger partial charge in [-0.1, -0.05) is 19.9 Å². The van der Waals surface area contributed by atoms with Gasteiger partial charge < -0.3 is 9.73 Å². The van der Waals surface area contributed by atoms with Crippen LogP contribution in [-0.4, -0.2) is 16.2 Å². The van der Waals surface area contributed by atoms with Crippen LogP contribution < -0.4 is 5.32 Å². The molecule has 0 aliphatic carbocycles. The lowest BCUT2D eigenvalue weighted by Crippen LogP contribution is -2.21. The van der Waals surface area contributed by atoms with E-state index in [-0.39, 0.29) is 5.82 Å². The van der Waals surface area contributed by atoms with Gasteiger partial charge in [-0.2, -0.15) is 0 Å². The molecule has 96 valence electrons. The van der Waals surface area contributed by atoms with Gasteiger partial charge in [-0.05, 0) is 28.1 Å². The van der Waals surface area contributed by atoms with E-state index in [2.05, 4.69) is 31.4 Å². The van der Waals surface area contributed by atoms with Crippen molar-refractivity contribution in [2.45, 2.75) is 26.4 Å². The fourth-order valence-electron chi connectivity index (χ4n) is 1.39. The number of halogens is 2. The van der Waals surface area contributed by atoms with Crippen molar-refractivity contribution in [3.8, 4) is 11.5 Å². The zero-order valence-corrected chi connectivity index (χ0v) is 11.7. The lowest BCUT2D eigenvalue weighted by Gasteiger charge is -2.03. The average molecular weight is 314 g/mol. The van der Waals surface area contributed by atoms with E-state index in [0.29, 0.717) is 34.4 Å². The molecule has 0 amide bonds. The van der Waals surface area contributed by atoms with E-state index >= 15 is 0 Å². The molecule has 2 rings (SSSR count). The van der Waals surface area contributed by atoms with Crippen molar-refractivity contribution >= 4 is 15.9 Å². The summed E-state index contributed by atoms with van der Waals surface area (Å²) >= 11 is 3.17. The van der Waals surface area contributed by atoms with Crippen LogP contribution in [0.4, 0.5) is 4.39 Å². The molecule has 1 N–H and O–H groups in total. The number of nitrogens with zero attached hydrogens (tertiary/aromatic N) is 2. The summed E-state index contributed by atoms with van der Waals surface area (Å²) in [6.07, 6.45) is 0. The molecule has 1 aromatic heterocycles. The number of aromatic nitrogens is 2. The predicted octanol–water partition coefficient (Wildman–Crippen LogP) is 3.14. The Morgan fingerprint density at radius 2 is 2.17 bits per heavy atom. The standard InChI is InChI=1S/C12H13BrFN3O/c1-7(2)15-6-10-16-17-12(18-10)8-4-3-5-9(14)11(8)13/h3-5,7,15H,6H2,1-2H3. The van der Waals surface area contributed by atoms with Crippen LogP contribution >= 0.6 is 15.9 Å². The third-order valence-electron chi connectivity index (χ3n) is 2.31. The predicted molar refractivity (Wildman–Crippen MR) is 69.4 cm³/mol. The highest BCUT2D eigenvalue weighted by atomic mass is 79.9. The maximum Gasteiger partial charge on any atom is 0.249 e. The third-order valence-corrected chi connectivity index (χ3v) is 3.12. The highest BCUT2D eigenvalue weighted by Crippen LogP contribution is 2.29. The zero-order chi connectivity index (χ0) is 13.1. The Balaban J connectivity index is 2.21. The fourth-order valence-corrected chi connectivity index (χ4v) is 1.83. The molecule has 6 heteroatoms. The van der Waals surface area contributed by atoms with E-state index < -0.39 is 0 Å². The normalized spacial score (nSPS) is 11.2. The molecule has 0 aliphatic rings. The smallest absolute Gasteiger partial charge is 0.249 e. The first-order valence-electron chi connectivity index (χ1n) is 5.58. The monoisotopic (exact) mass is 313 g/mol. The van der Waals surface area contributed by atoms with Gasteiger partial charge in [-0.25, -0.2) is 4.39 Å². The summed E-state index contributed by atoms with van der Waals surface area (Å²) in [5, 5.41) is 11.0. The SMILES string of the molecule is CC(C)NCc1nnc(-c2cccc(F)c2Br)o1. The molecule has 0 saturated carbocycles. The van der Waals surface area contributed by atoms with E-state index in [0.717, 1.165) is 0 Å². The van der Waals surface area contributed by atoms with Crippen molar-refractivity contribution in [3.63, 3.8) is 0 Å². The van der Waals surface area contributed by atoms with Crippen molar-refractivity contribution in [2.75, 3.05) is 0 Å². The second-order valence-corrected chi connectivity index (χ2v) is 4.93. The molecule has 18 heavy (non-hydrogen) atoms. The molecule has 2 aromatic rings. The summed E-state index contributed by atoms with van der Waals surface area (Å²) in [5.74, 6) is 0.435. The highest BCUT2D eigenvalue weighted by molar-refractivity contribution is 9.10. The van der Waals surface area contributed by atoms with Crippen LogP contribution in [0.2, 0.25) is 0 Å². The molecule has 0 aliphatic heterocycles. The van der Waals surface area contributed by atoms with Gasteiger partial charge in [0.2, 0.25) is 11.8 Å². The molecule has 0 spiro atoms. The Kier molecular flexibility index (Phi) is 4.08. The van der Waals surface area contributed by atoms with Gasteiger partial charge >= 0.3 is 0 Å². The zero-order valence-electron chi connectivity index (χ0n) is 10.1. The first-order chi connectivity index (χ1) is 8.58. The second-order valence-electron chi connectivity index (χ2n) is 4.14. The van der Waals surface area contributed by atoms with Crippen LogP contribution in [0.15, 0.2) is 27.1 Å². The average Bonchev–Trinajstić information content (AvgIpc) is 2.78. The Bertz CT molecular complexity index is 542. The number of hydrogen-bond acceptors (Lipinski definition) is 4. The Morgan fingerprint density at radius 1 is 1.39 bits per heavy atom. The maximum absolute atomic E-state index is 13.4. The molecule has 0 atom stereocenters. The fraction of sp³-hybridized carbons (Fsp3) is 0.333. The molecular weight excluding hydrogens is 301 g/mol. The van der Waals surface area contributed by atoms with Gasteiger partial charge in [0.1, 0.15) is 5.82 Å². The molecule has 0 radical (unpaired) electrons. The van der Waals surface area contributed by atoms with Crippen LogP contribution in [-0.2, 0) is 6.54 Å². The maximum atomic E-state index is 13.4. The number of rotatable bonds is 4. The highest BCUT2D eigenvalue weighted by Gasteiger charge is 2.14. The van der Waals surface area contributed by atoms with E-state index in [1.54, 1.807) is 12.1 Å². The lowest BCUT2D eigenvalue weighted by molar-refractivity contribution is 0.458.